The van der Waals surface area contributed by atoms with Gasteiger partial charge in [0.15, 0.2) is 0 Å². The summed E-state index contributed by atoms with van der Waals surface area (Å²) in [4.78, 5) is 0. The van der Waals surface area contributed by atoms with E-state index in [1.807, 2.05) is 0 Å². The average Bonchev–Trinajstić information content (AvgIpc) is 2.00. The molecule has 1 aliphatic rings. The number of hydrogen-bond acceptors (Lipinski definition) is 0. The highest BCUT2D eigenvalue weighted by molar-refractivity contribution is 4.86. The van der Waals surface area contributed by atoms with Crippen molar-refractivity contribution in [2.24, 2.45) is 5.92 Å². The third-order valence-corrected chi connectivity index (χ3v) is 2.97. The fraction of sp³-hybridized carbons (Fsp3) is 0.917. The molecule has 12 heavy (non-hydrogen) atoms. The highest BCUT2D eigenvalue weighted by Gasteiger charge is 2.16. The molecule has 1 aliphatic carbocycles. The van der Waals surface area contributed by atoms with Gasteiger partial charge in [-0.25, -0.2) is 0 Å². The van der Waals surface area contributed by atoms with E-state index in [0.29, 0.717) is 0 Å². The fourth-order valence-electron chi connectivity index (χ4n) is 1.85. The molecule has 0 heteroatoms. The number of rotatable bonds is 7. The van der Waals surface area contributed by atoms with Crippen molar-refractivity contribution >= 4 is 0 Å². The van der Waals surface area contributed by atoms with Gasteiger partial charge in [0.1, 0.15) is 0 Å². The van der Waals surface area contributed by atoms with E-state index in [4.69, 9.17) is 0 Å². The smallest absolute Gasteiger partial charge is 0.0355 e. The van der Waals surface area contributed by atoms with Crippen LogP contribution >= 0.6 is 0 Å². The molecule has 0 N–H and O–H groups in total. The Morgan fingerprint density at radius 3 is 2.33 bits per heavy atom. The monoisotopic (exact) mass is 167 g/mol. The Balaban J connectivity index is 1.70. The Bertz CT molecular complexity index is 92.2. The summed E-state index contributed by atoms with van der Waals surface area (Å²) in [5, 5.41) is 0. The Morgan fingerprint density at radius 2 is 1.75 bits per heavy atom. The molecular weight excluding hydrogens is 144 g/mol. The van der Waals surface area contributed by atoms with E-state index in [2.05, 4.69) is 13.3 Å². The quantitative estimate of drug-likeness (QED) is 0.494. The highest BCUT2D eigenvalue weighted by Crippen LogP contribution is 2.29. The maximum atomic E-state index is 2.49. The molecule has 1 atom stereocenters. The average molecular weight is 167 g/mol. The molecule has 0 aliphatic heterocycles. The van der Waals surface area contributed by atoms with Crippen LogP contribution in [-0.2, 0) is 0 Å². The topological polar surface area (TPSA) is 0 Å². The molecule has 0 aromatic rings. The van der Waals surface area contributed by atoms with Crippen LogP contribution in [0.25, 0.3) is 0 Å². The Hall–Kier alpha value is 0. The Kier molecular flexibility index (Phi) is 5.47. The lowest BCUT2D eigenvalue weighted by Gasteiger charge is -2.24. The van der Waals surface area contributed by atoms with Gasteiger partial charge in [0.25, 0.3) is 0 Å². The van der Waals surface area contributed by atoms with Crippen molar-refractivity contribution < 1.29 is 0 Å². The molecule has 71 valence electrons. The van der Waals surface area contributed by atoms with Crippen molar-refractivity contribution in [3.05, 3.63) is 6.42 Å². The molecule has 0 spiro atoms. The molecule has 1 saturated carbocycles. The summed E-state index contributed by atoms with van der Waals surface area (Å²) >= 11 is 0. The Labute approximate surface area is 77.7 Å². The van der Waals surface area contributed by atoms with Crippen molar-refractivity contribution in [3.8, 4) is 0 Å². The van der Waals surface area contributed by atoms with Crippen molar-refractivity contribution in [1.29, 1.82) is 0 Å². The molecule has 1 radical (unpaired) electrons. The van der Waals surface area contributed by atoms with Gasteiger partial charge in [-0.1, -0.05) is 51.9 Å². The lowest BCUT2D eigenvalue weighted by atomic mass is 9.81. The zero-order valence-corrected chi connectivity index (χ0v) is 8.52. The largest absolute Gasteiger partial charge is 0.0654 e. The molecule has 0 amide bonds. The van der Waals surface area contributed by atoms with Crippen molar-refractivity contribution in [2.45, 2.75) is 64.7 Å². The zero-order valence-electron chi connectivity index (χ0n) is 8.52. The molecule has 1 unspecified atom stereocenters. The summed E-state index contributed by atoms with van der Waals surface area (Å²) < 4.78 is 0. The first-order valence-corrected chi connectivity index (χ1v) is 5.77. The molecule has 0 aromatic carbocycles. The van der Waals surface area contributed by atoms with Crippen LogP contribution in [0.15, 0.2) is 0 Å². The summed E-state index contributed by atoms with van der Waals surface area (Å²) in [6.45, 7) is 2.28. The molecule has 1 fully saturated rings. The molecule has 0 bridgehead atoms. The predicted octanol–water partition coefficient (Wildman–Crippen LogP) is 4.35. The molecule has 0 heterocycles. The third kappa shape index (κ3) is 4.13. The van der Waals surface area contributed by atoms with Crippen molar-refractivity contribution in [2.75, 3.05) is 0 Å². The van der Waals surface area contributed by atoms with Crippen molar-refractivity contribution in [3.63, 3.8) is 0 Å². The first-order chi connectivity index (χ1) is 5.93. The van der Waals surface area contributed by atoms with Crippen LogP contribution in [0.3, 0.4) is 0 Å². The molecule has 1 rings (SSSR count). The van der Waals surface area contributed by atoms with Crippen LogP contribution in [0.2, 0.25) is 0 Å². The summed E-state index contributed by atoms with van der Waals surface area (Å²) in [6.07, 6.45) is 15.5. The second-order valence-corrected chi connectivity index (χ2v) is 4.13. The summed E-state index contributed by atoms with van der Waals surface area (Å²) in [5.74, 6) is 1.01. The van der Waals surface area contributed by atoms with Gasteiger partial charge >= 0.3 is 0 Å². The van der Waals surface area contributed by atoms with Crippen LogP contribution < -0.4 is 0 Å². The summed E-state index contributed by atoms with van der Waals surface area (Å²) in [7, 11) is 0. The maximum absolute atomic E-state index is 2.49. The van der Waals surface area contributed by atoms with E-state index >= 15 is 0 Å². The second-order valence-electron chi connectivity index (χ2n) is 4.13. The number of hydrogen-bond donors (Lipinski definition) is 0. The van der Waals surface area contributed by atoms with Gasteiger partial charge in [0, 0.05) is 0 Å². The SMILES string of the molecule is CCCCCCCCC1[CH]CC1. The van der Waals surface area contributed by atoms with Crippen LogP contribution in [0.1, 0.15) is 64.7 Å². The van der Waals surface area contributed by atoms with Gasteiger partial charge in [-0.05, 0) is 25.2 Å². The van der Waals surface area contributed by atoms with Crippen molar-refractivity contribution in [1.82, 2.24) is 0 Å². The minimum atomic E-state index is 1.01. The van der Waals surface area contributed by atoms with E-state index < -0.39 is 0 Å². The predicted molar refractivity (Wildman–Crippen MR) is 55.0 cm³/mol. The first-order valence-electron chi connectivity index (χ1n) is 5.77. The second kappa shape index (κ2) is 6.51. The van der Waals surface area contributed by atoms with Crippen LogP contribution in [0.4, 0.5) is 0 Å². The Morgan fingerprint density at radius 1 is 1.08 bits per heavy atom. The first kappa shape index (κ1) is 10.1. The van der Waals surface area contributed by atoms with E-state index in [1.54, 1.807) is 0 Å². The summed E-state index contributed by atoms with van der Waals surface area (Å²) in [6, 6.07) is 0. The van der Waals surface area contributed by atoms with Crippen LogP contribution in [-0.4, -0.2) is 0 Å². The molecular formula is C12H23. The summed E-state index contributed by atoms with van der Waals surface area (Å²) in [5.41, 5.74) is 0. The van der Waals surface area contributed by atoms with E-state index in [9.17, 15) is 0 Å². The number of unbranched alkanes of at least 4 members (excludes halogenated alkanes) is 5. The maximum Gasteiger partial charge on any atom is -0.0355 e. The van der Waals surface area contributed by atoms with Gasteiger partial charge in [0.2, 0.25) is 0 Å². The minimum absolute atomic E-state index is 1.01. The van der Waals surface area contributed by atoms with Crippen LogP contribution in [0, 0.1) is 12.3 Å². The fourth-order valence-corrected chi connectivity index (χ4v) is 1.85. The van der Waals surface area contributed by atoms with Crippen LogP contribution in [0.5, 0.6) is 0 Å². The lowest BCUT2D eigenvalue weighted by molar-refractivity contribution is 0.385. The highest BCUT2D eigenvalue weighted by atomic mass is 14.2. The standard InChI is InChI=1S/C12H23/c1-2-3-4-5-6-7-9-12-10-8-11-12/h10,12H,2-9,11H2,1H3. The molecule has 0 saturated heterocycles. The molecule has 0 nitrogen and oxygen atoms in total. The lowest BCUT2D eigenvalue weighted by Crippen LogP contribution is -2.11. The van der Waals surface area contributed by atoms with Gasteiger partial charge in [-0.2, -0.15) is 0 Å². The molecule has 0 aromatic heterocycles. The van der Waals surface area contributed by atoms with E-state index in [1.165, 1.54) is 57.8 Å². The third-order valence-electron chi connectivity index (χ3n) is 2.97. The van der Waals surface area contributed by atoms with Gasteiger partial charge in [-0.3, -0.25) is 0 Å². The van der Waals surface area contributed by atoms with Gasteiger partial charge in [0.05, 0.1) is 0 Å². The van der Waals surface area contributed by atoms with E-state index in [-0.39, 0.29) is 0 Å². The van der Waals surface area contributed by atoms with Gasteiger partial charge < -0.3 is 0 Å². The van der Waals surface area contributed by atoms with E-state index in [0.717, 1.165) is 5.92 Å². The minimum Gasteiger partial charge on any atom is -0.0654 e. The van der Waals surface area contributed by atoms with Gasteiger partial charge in [-0.15, -0.1) is 0 Å². The normalized spacial score (nSPS) is 17.8. The zero-order chi connectivity index (χ0) is 8.65.